The maximum Gasteiger partial charge on any atom is 0.428 e. The van der Waals surface area contributed by atoms with Gasteiger partial charge in [-0.3, -0.25) is 0 Å². The van der Waals surface area contributed by atoms with Crippen molar-refractivity contribution in [3.8, 4) is 23.0 Å². The molecule has 0 aliphatic carbocycles. The van der Waals surface area contributed by atoms with Gasteiger partial charge in [-0.25, -0.2) is 0 Å². The van der Waals surface area contributed by atoms with Crippen molar-refractivity contribution in [2.24, 2.45) is 0 Å². The summed E-state index contributed by atoms with van der Waals surface area (Å²) >= 11 is 0. The van der Waals surface area contributed by atoms with Crippen molar-refractivity contribution in [2.45, 2.75) is 41.9 Å². The lowest BCUT2D eigenvalue weighted by molar-refractivity contribution is 0.471. The largest absolute Gasteiger partial charge is 0.501 e. The van der Waals surface area contributed by atoms with Gasteiger partial charge in [0.2, 0.25) is 22.3 Å². The Morgan fingerprint density at radius 1 is 0.569 bits per heavy atom. The molecule has 0 unspecified atom stereocenters. The number of diazo groups is 2. The normalized spacial score (nSPS) is 11.9. The second-order valence-corrected chi connectivity index (χ2v) is 14.7. The molecule has 0 fully saturated rings. The molecule has 256 valence electrons. The van der Waals surface area contributed by atoms with Gasteiger partial charge in [-0.05, 0) is 60.4 Å². The summed E-state index contributed by atoms with van der Waals surface area (Å²) in [4.78, 5) is 5.58. The third-order valence-corrected chi connectivity index (χ3v) is 11.7. The van der Waals surface area contributed by atoms with Crippen LogP contribution in [0.5, 0.6) is 23.0 Å². The van der Waals surface area contributed by atoms with Gasteiger partial charge in [0.1, 0.15) is 21.3 Å². The number of nitrogens with zero attached hydrogens (tertiary/aromatic N) is 4. The Labute approximate surface area is 293 Å². The third-order valence-electron chi connectivity index (χ3n) is 9.12. The predicted octanol–water partition coefficient (Wildman–Crippen LogP) is 9.01. The van der Waals surface area contributed by atoms with Crippen molar-refractivity contribution < 1.29 is 35.4 Å². The van der Waals surface area contributed by atoms with E-state index in [2.05, 4.69) is 9.95 Å². The van der Waals surface area contributed by atoms with Gasteiger partial charge >= 0.3 is 31.6 Å². The monoisotopic (exact) mass is 722 g/mol. The highest BCUT2D eigenvalue weighted by Gasteiger charge is 2.32. The number of phenols is 2. The van der Waals surface area contributed by atoms with Crippen LogP contribution in [0.3, 0.4) is 0 Å². The molecule has 6 aromatic carbocycles. The highest BCUT2D eigenvalue weighted by atomic mass is 32.2. The lowest BCUT2D eigenvalue weighted by Gasteiger charge is -2.33. The summed E-state index contributed by atoms with van der Waals surface area (Å²) in [5, 5.41) is 40.0. The van der Waals surface area contributed by atoms with Crippen LogP contribution in [0.25, 0.3) is 31.5 Å². The summed E-state index contributed by atoms with van der Waals surface area (Å²) in [6, 6.07) is 27.6. The minimum Gasteiger partial charge on any atom is -0.501 e. The van der Waals surface area contributed by atoms with E-state index in [0.29, 0.717) is 12.8 Å². The van der Waals surface area contributed by atoms with Crippen LogP contribution >= 0.6 is 0 Å². The van der Waals surface area contributed by atoms with E-state index in [1.807, 2.05) is 13.8 Å². The van der Waals surface area contributed by atoms with Crippen LogP contribution in [-0.4, -0.2) is 27.0 Å². The molecule has 0 saturated carbocycles. The number of aromatic hydroxyl groups is 2. The Morgan fingerprint density at radius 2 is 1.02 bits per heavy atom. The Bertz CT molecular complexity index is 2630. The molecule has 0 radical (unpaired) electrons. The van der Waals surface area contributed by atoms with Crippen LogP contribution in [0.4, 0.5) is 11.4 Å². The van der Waals surface area contributed by atoms with Crippen LogP contribution in [0.2, 0.25) is 0 Å². The first kappa shape index (κ1) is 34.6. The van der Waals surface area contributed by atoms with E-state index < -0.39 is 25.7 Å². The second kappa shape index (κ2) is 13.2. The molecule has 0 spiro atoms. The van der Waals surface area contributed by atoms with Crippen molar-refractivity contribution in [1.29, 1.82) is 10.8 Å². The zero-order valence-corrected chi connectivity index (χ0v) is 28.9. The SMILES string of the molecule is CCC(CC)(c1ccc(OS(=O)(=O)c2cccc3c(O)c([N+]#N)ccc23)cc1)c1ccc(OS(=O)(=O)c2cc([N+]#N)c(O)c3ccccc23)cc1. The van der Waals surface area contributed by atoms with Gasteiger partial charge < -0.3 is 18.6 Å². The first-order chi connectivity index (χ1) is 24.4. The molecule has 0 bridgehead atoms. The fourth-order valence-corrected chi connectivity index (χ4v) is 8.74. The van der Waals surface area contributed by atoms with Gasteiger partial charge in [0.15, 0.2) is 9.95 Å². The molecule has 0 atom stereocenters. The molecule has 51 heavy (non-hydrogen) atoms. The minimum absolute atomic E-state index is 0.0391. The second-order valence-electron chi connectivity index (χ2n) is 11.7. The van der Waals surface area contributed by atoms with Gasteiger partial charge in [0.05, 0.1) is 6.07 Å². The molecule has 0 aliphatic rings. The van der Waals surface area contributed by atoms with E-state index in [0.717, 1.165) is 17.2 Å². The van der Waals surface area contributed by atoms with E-state index >= 15 is 0 Å². The van der Waals surface area contributed by atoms with Crippen LogP contribution in [0.1, 0.15) is 37.8 Å². The number of benzene rings is 6. The Kier molecular flexibility index (Phi) is 8.99. The standard InChI is InChI=1S/C37H28N4O8S2/c1-3-37(4-2,23-12-16-25(17-13-23)48-50(44,45)33-11-7-10-30-28(33)20-21-31(40-38)35(30)42)24-14-18-26(19-15-24)49-51(46,47)34-22-32(41-39)36(43)29-9-6-5-8-27(29)34/h5-22H,3-4H2,1-2H3/p+2. The molecule has 0 heterocycles. The lowest BCUT2D eigenvalue weighted by atomic mass is 9.70. The van der Waals surface area contributed by atoms with Crippen LogP contribution < -0.4 is 8.37 Å². The number of hydrogen-bond donors (Lipinski definition) is 2. The lowest BCUT2D eigenvalue weighted by Crippen LogP contribution is -2.26. The maximum atomic E-state index is 13.4. The fourth-order valence-electron chi connectivity index (χ4n) is 6.43. The van der Waals surface area contributed by atoms with E-state index in [4.69, 9.17) is 13.8 Å². The molecule has 0 amide bonds. The first-order valence-electron chi connectivity index (χ1n) is 15.7. The van der Waals surface area contributed by atoms with Gasteiger partial charge in [-0.15, -0.1) is 0 Å². The van der Waals surface area contributed by atoms with Crippen molar-refractivity contribution in [3.63, 3.8) is 0 Å². The fraction of sp³-hybridized carbons (Fsp3) is 0.135. The minimum atomic E-state index is -4.43. The van der Waals surface area contributed by atoms with E-state index in [-0.39, 0.29) is 65.7 Å². The molecular weight excluding hydrogens is 693 g/mol. The summed E-state index contributed by atoms with van der Waals surface area (Å²) in [6.07, 6.45) is 1.30. The summed E-state index contributed by atoms with van der Waals surface area (Å²) < 4.78 is 64.6. The Morgan fingerprint density at radius 3 is 1.53 bits per heavy atom. The molecular formula is C37H30N4O8S2+2. The number of hydrogen-bond acceptors (Lipinski definition) is 10. The highest BCUT2D eigenvalue weighted by molar-refractivity contribution is 7.87. The average Bonchev–Trinajstić information content (AvgIpc) is 3.13. The molecule has 14 heteroatoms. The first-order valence-corrected chi connectivity index (χ1v) is 18.5. The molecule has 0 saturated heterocycles. The summed E-state index contributed by atoms with van der Waals surface area (Å²) in [5.74, 6) is -0.630. The zero-order chi connectivity index (χ0) is 36.6. The van der Waals surface area contributed by atoms with Crippen molar-refractivity contribution >= 4 is 53.2 Å². The molecule has 2 N–H and O–H groups in total. The number of phenolic OH excluding ortho intramolecular Hbond substituents is 2. The average molecular weight is 723 g/mol. The van der Waals surface area contributed by atoms with Gasteiger partial charge in [-0.2, -0.15) is 16.8 Å². The van der Waals surface area contributed by atoms with Gasteiger partial charge in [-0.1, -0.05) is 74.5 Å². The molecule has 6 aromatic rings. The van der Waals surface area contributed by atoms with Crippen molar-refractivity contribution in [3.05, 3.63) is 130 Å². The van der Waals surface area contributed by atoms with Crippen molar-refractivity contribution in [1.82, 2.24) is 0 Å². The van der Waals surface area contributed by atoms with E-state index in [1.54, 1.807) is 48.5 Å². The van der Waals surface area contributed by atoms with Crippen LogP contribution in [0, 0.1) is 10.8 Å². The quantitative estimate of drug-likeness (QED) is 0.102. The Hall–Kier alpha value is -6.22. The van der Waals surface area contributed by atoms with E-state index in [9.17, 15) is 32.4 Å². The van der Waals surface area contributed by atoms with Gasteiger partial charge in [0.25, 0.3) is 0 Å². The Balaban J connectivity index is 1.26. The molecule has 12 nitrogen and oxygen atoms in total. The maximum absolute atomic E-state index is 13.4. The summed E-state index contributed by atoms with van der Waals surface area (Å²) in [7, 11) is -8.77. The molecule has 0 aromatic heterocycles. The number of fused-ring (bicyclic) bond motifs is 2. The molecule has 6 rings (SSSR count). The highest BCUT2D eigenvalue weighted by Crippen LogP contribution is 2.43. The third kappa shape index (κ3) is 6.12. The number of rotatable bonds is 10. The van der Waals surface area contributed by atoms with Crippen LogP contribution in [-0.2, 0) is 25.7 Å². The predicted molar refractivity (Wildman–Crippen MR) is 191 cm³/mol. The van der Waals surface area contributed by atoms with Crippen molar-refractivity contribution in [2.75, 3.05) is 0 Å². The molecule has 0 aliphatic heterocycles. The summed E-state index contributed by atoms with van der Waals surface area (Å²) in [6.45, 7) is 4.02. The topological polar surface area (TPSA) is 184 Å². The summed E-state index contributed by atoms with van der Waals surface area (Å²) in [5.41, 5.74) is 0.762. The smallest absolute Gasteiger partial charge is 0.428 e. The van der Waals surface area contributed by atoms with Gasteiger partial charge in [0, 0.05) is 33.0 Å². The van der Waals surface area contributed by atoms with Crippen LogP contribution in [0.15, 0.2) is 119 Å². The van der Waals surface area contributed by atoms with E-state index in [1.165, 1.54) is 54.6 Å². The zero-order valence-electron chi connectivity index (χ0n) is 27.3.